The summed E-state index contributed by atoms with van der Waals surface area (Å²) in [5.41, 5.74) is 41.1. The lowest BCUT2D eigenvalue weighted by Crippen LogP contribution is -2.61. The van der Waals surface area contributed by atoms with E-state index in [9.17, 15) is 67.1 Å². The fourth-order valence-corrected chi connectivity index (χ4v) is 14.2. The Kier molecular flexibility index (Phi) is 53.9. The van der Waals surface area contributed by atoms with Crippen molar-refractivity contribution in [3.63, 3.8) is 0 Å². The molecule has 0 unspecified atom stereocenters. The van der Waals surface area contributed by atoms with Gasteiger partial charge in [0.15, 0.2) is 35.8 Å². The topological polar surface area (TPSA) is 822 Å². The van der Waals surface area contributed by atoms with Gasteiger partial charge in [0.05, 0.1) is 0 Å². The minimum absolute atomic E-state index is 0.00571. The normalized spacial score (nSPS) is 13.8. The maximum Gasteiger partial charge on any atom is 0.243 e. The van der Waals surface area contributed by atoms with Crippen molar-refractivity contribution in [2.75, 3.05) is 39.3 Å². The van der Waals surface area contributed by atoms with E-state index in [0.29, 0.717) is 28.7 Å². The van der Waals surface area contributed by atoms with E-state index >= 15 is 4.79 Å². The molecule has 0 fully saturated rings. The number of guanidine groups is 6. The minimum Gasteiger partial charge on any atom is -0.370 e. The molecule has 0 radical (unpaired) electrons. The van der Waals surface area contributed by atoms with Gasteiger partial charge in [0.1, 0.15) is 84.6 Å². The zero-order valence-electron chi connectivity index (χ0n) is 80.1. The highest BCUT2D eigenvalue weighted by Crippen LogP contribution is 2.16. The molecule has 48 nitrogen and oxygen atoms in total. The smallest absolute Gasteiger partial charge is 0.243 e. The molecule has 0 saturated heterocycles. The van der Waals surface area contributed by atoms with Gasteiger partial charge in [-0.05, 0) is 133 Å². The molecule has 40 N–H and O–H groups in total. The van der Waals surface area contributed by atoms with Crippen molar-refractivity contribution >= 4 is 124 Å². The Bertz CT molecular complexity index is 4740. The molecule has 0 aliphatic carbocycles. The van der Waals surface area contributed by atoms with Crippen LogP contribution in [-0.4, -0.2) is 248 Å². The first-order chi connectivity index (χ1) is 66.6. The summed E-state index contributed by atoms with van der Waals surface area (Å²) in [7, 11) is 0. The second kappa shape index (κ2) is 64.5. The SMILES string of the molecule is CCCCCCCC(=O)N[C@@H](CCCNC(=N)N)C(=O)N[C@@H](Cc1ccccc1)C(=O)N[C@@H](C)C(=O)N[C@@H](CCCNC(=N)N)C(=O)N[C@@H](CCCNC(=N)N)C(=O)N[C@@H](Cc1ccccc1)C(=O)N[C@@H](C)C(=O)N[C@@H](CCCNC(=N)N)C(=O)N[C@@H](Cc1ccccc1)C(=O)N[C@@H](C)C(=O)N[C@@H](CCCNC(=N)N)C(=O)N[C@@H](CCCNC(=N)N)C(=O)N[C@@H](Cc1ccccc1)C(=O)N[C@@H](C)C(N)=O. The van der Waals surface area contributed by atoms with Gasteiger partial charge in [0, 0.05) is 71.4 Å². The van der Waals surface area contributed by atoms with E-state index in [1.165, 1.54) is 27.7 Å². The molecule has 4 rings (SSSR count). The van der Waals surface area contributed by atoms with Crippen molar-refractivity contribution in [3.8, 4) is 0 Å². The van der Waals surface area contributed by atoms with Gasteiger partial charge < -0.3 is 146 Å². The quantitative estimate of drug-likeness (QED) is 0.0112. The highest BCUT2D eigenvalue weighted by Gasteiger charge is 2.38. The van der Waals surface area contributed by atoms with Crippen LogP contribution in [0.3, 0.4) is 0 Å². The first kappa shape index (κ1) is 117. The molecule has 0 bridgehead atoms. The number of carbonyl (C=O) groups is 15. The van der Waals surface area contributed by atoms with Crippen LogP contribution in [0, 0.1) is 32.5 Å². The Balaban J connectivity index is 1.66. The largest absolute Gasteiger partial charge is 0.370 e. The van der Waals surface area contributed by atoms with Crippen LogP contribution in [0.1, 0.15) is 172 Å². The van der Waals surface area contributed by atoms with Crippen molar-refractivity contribution < 1.29 is 71.9 Å². The number of hydrogen-bond acceptors (Lipinski definition) is 21. The first-order valence-corrected chi connectivity index (χ1v) is 46.8. The molecule has 0 saturated carbocycles. The predicted octanol–water partition coefficient (Wildman–Crippen LogP) is -4.75. The third kappa shape index (κ3) is 48.3. The van der Waals surface area contributed by atoms with Crippen LogP contribution in [0.4, 0.5) is 0 Å². The van der Waals surface area contributed by atoms with Crippen LogP contribution < -0.4 is 146 Å². The molecule has 0 aromatic heterocycles. The van der Waals surface area contributed by atoms with Gasteiger partial charge in [-0.3, -0.25) is 104 Å². The lowest BCUT2D eigenvalue weighted by atomic mass is 10.0. The fourth-order valence-electron chi connectivity index (χ4n) is 14.2. The first-order valence-electron chi connectivity index (χ1n) is 46.8. The molecule has 768 valence electrons. The van der Waals surface area contributed by atoms with Gasteiger partial charge in [-0.15, -0.1) is 0 Å². The molecular formula is C92H145N33O15. The summed E-state index contributed by atoms with van der Waals surface area (Å²) < 4.78 is 0. The van der Waals surface area contributed by atoms with Crippen molar-refractivity contribution in [1.82, 2.24) is 106 Å². The molecule has 0 aliphatic heterocycles. The third-order valence-corrected chi connectivity index (χ3v) is 21.9. The van der Waals surface area contributed by atoms with E-state index in [1.807, 2.05) is 0 Å². The Hall–Kier alpha value is -15.5. The molecule has 4 aromatic carbocycles. The molecule has 0 aliphatic rings. The number of rotatable bonds is 66. The molecule has 14 atom stereocenters. The molecule has 0 heterocycles. The highest BCUT2D eigenvalue weighted by atomic mass is 16.2. The summed E-state index contributed by atoms with van der Waals surface area (Å²) in [5, 5.41) is 99.4. The lowest BCUT2D eigenvalue weighted by molar-refractivity contribution is -0.136. The van der Waals surface area contributed by atoms with Gasteiger partial charge >= 0.3 is 0 Å². The van der Waals surface area contributed by atoms with E-state index in [4.69, 9.17) is 72.6 Å². The standard InChI is InChI=1S/C92H145N33O15/c1-6-7-8-9-22-43-72(126)116-62(37-23-44-106-87(94)95)77(131)122-69(51-59-31-16-11-17-32-59)84(138)113-55(3)74(128)117-64(39-25-46-108-89(98)99)79(133)121-67(42-28-49-111-92(104)105)82(136)125-71(53-61-35-20-13-21-36-61)86(140)115-57(5)76(130)119-65(40-26-47-109-90(100)101)80(134)124-70(52-60-33-18-12-19-34-60)85(139)114-56(4)75(129)118-63(38-24-45-107-88(96)97)78(132)120-66(41-27-48-110-91(102)103)81(135)123-68(50-58-29-14-10-15-30-58)83(137)112-54(2)73(93)127/h10-21,29-36,54-57,62-71H,6-9,22-28,37-53H2,1-5H3,(H2,93,127)(H,112,137)(H,113,138)(H,114,139)(H,115,140)(H,116,126)(H,117,128)(H,118,129)(H,119,130)(H,120,132)(H,121,133)(H,122,131)(H,123,135)(H,124,134)(H,125,136)(H4,94,95,106)(H4,96,97,107)(H4,98,99,108)(H4,100,101,109)(H4,102,103,110)(H4,104,105,111)/t54-,55-,56-,57-,62-,63-,64-,65-,66-,67-,68-,69-,70-,71-/m0/s1. The number of hydrogen-bond donors (Lipinski definition) is 33. The summed E-state index contributed by atoms with van der Waals surface area (Å²) >= 11 is 0. The average molecular weight is 1950 g/mol. The van der Waals surface area contributed by atoms with Gasteiger partial charge in [0.25, 0.3) is 0 Å². The van der Waals surface area contributed by atoms with Crippen LogP contribution in [0.15, 0.2) is 121 Å². The number of benzene rings is 4. The van der Waals surface area contributed by atoms with E-state index < -0.39 is 191 Å². The molecule has 15 amide bonds. The number of nitrogens with two attached hydrogens (primary N) is 7. The lowest BCUT2D eigenvalue weighted by Gasteiger charge is -2.28. The van der Waals surface area contributed by atoms with Crippen molar-refractivity contribution in [1.29, 1.82) is 32.5 Å². The van der Waals surface area contributed by atoms with Crippen LogP contribution in [0.25, 0.3) is 0 Å². The van der Waals surface area contributed by atoms with Crippen molar-refractivity contribution in [3.05, 3.63) is 144 Å². The maximum atomic E-state index is 15.0. The monoisotopic (exact) mass is 1950 g/mol. The summed E-state index contributed by atoms with van der Waals surface area (Å²) in [5.74, 6) is -15.3. The zero-order chi connectivity index (χ0) is 104. The molecule has 140 heavy (non-hydrogen) atoms. The van der Waals surface area contributed by atoms with E-state index in [-0.39, 0.29) is 166 Å². The Labute approximate surface area is 814 Å². The molecular weight excluding hydrogens is 1810 g/mol. The second-order valence-corrected chi connectivity index (χ2v) is 33.8. The van der Waals surface area contributed by atoms with E-state index in [0.717, 1.165) is 25.7 Å². The number of carbonyl (C=O) groups excluding carboxylic acids is 15. The number of amides is 15. The number of unbranched alkanes of at least 4 members (excludes halogenated alkanes) is 4. The minimum atomic E-state index is -1.55. The Morgan fingerprint density at radius 2 is 0.414 bits per heavy atom. The highest BCUT2D eigenvalue weighted by molar-refractivity contribution is 6.01. The van der Waals surface area contributed by atoms with Crippen LogP contribution in [0.2, 0.25) is 0 Å². The molecule has 4 aromatic rings. The summed E-state index contributed by atoms with van der Waals surface area (Å²) in [6.45, 7) is 7.57. The summed E-state index contributed by atoms with van der Waals surface area (Å²) in [6.07, 6.45) is 3.63. The van der Waals surface area contributed by atoms with Crippen molar-refractivity contribution in [2.24, 2.45) is 40.1 Å². The average Bonchev–Trinajstić information content (AvgIpc) is 1.16. The van der Waals surface area contributed by atoms with Crippen molar-refractivity contribution in [2.45, 2.75) is 260 Å². The summed E-state index contributed by atoms with van der Waals surface area (Å²) in [6, 6.07) is 13.8. The fraction of sp³-hybridized carbons (Fsp3) is 0.511. The van der Waals surface area contributed by atoms with Gasteiger partial charge in [0.2, 0.25) is 88.6 Å². The zero-order valence-corrected chi connectivity index (χ0v) is 80.1. The van der Waals surface area contributed by atoms with Gasteiger partial charge in [-0.1, -0.05) is 154 Å². The van der Waals surface area contributed by atoms with Crippen LogP contribution in [-0.2, 0) is 97.6 Å². The maximum absolute atomic E-state index is 15.0. The van der Waals surface area contributed by atoms with Gasteiger partial charge in [-0.2, -0.15) is 0 Å². The molecule has 0 spiro atoms. The van der Waals surface area contributed by atoms with E-state index in [2.05, 4.69) is 113 Å². The van der Waals surface area contributed by atoms with E-state index in [1.54, 1.807) is 121 Å². The van der Waals surface area contributed by atoms with Gasteiger partial charge in [-0.25, -0.2) is 0 Å². The number of primary amides is 1. The van der Waals surface area contributed by atoms with Crippen LogP contribution >= 0.6 is 0 Å². The predicted molar refractivity (Wildman–Crippen MR) is 528 cm³/mol. The second-order valence-electron chi connectivity index (χ2n) is 33.8. The number of nitrogens with one attached hydrogen (secondary N) is 26. The summed E-state index contributed by atoms with van der Waals surface area (Å²) in [4.78, 5) is 215. The van der Waals surface area contributed by atoms with Crippen LogP contribution in [0.5, 0.6) is 0 Å². The molecule has 48 heteroatoms. The third-order valence-electron chi connectivity index (χ3n) is 21.9. The Morgan fingerprint density at radius 3 is 0.621 bits per heavy atom. The Morgan fingerprint density at radius 1 is 0.229 bits per heavy atom.